The lowest BCUT2D eigenvalue weighted by Gasteiger charge is -2.32. The Balaban J connectivity index is 1.21. The molecule has 2 fully saturated rings. The summed E-state index contributed by atoms with van der Waals surface area (Å²) in [7, 11) is -3.77. The number of benzene rings is 1. The SMILES string of the molecule is O=C(CS(=O)(=O)Nc1ccc(N2CCCCC2)cc1)NC1CCN(Cc2ccccn2)CC1. The van der Waals surface area contributed by atoms with Crippen LogP contribution in [0, 0.1) is 0 Å². The number of likely N-dealkylation sites (tertiary alicyclic amines) is 1. The molecule has 178 valence electrons. The third-order valence-electron chi connectivity index (χ3n) is 6.25. The van der Waals surface area contributed by atoms with Crippen LogP contribution in [0.3, 0.4) is 0 Å². The number of nitrogens with one attached hydrogen (secondary N) is 2. The van der Waals surface area contributed by atoms with Crippen LogP contribution in [0.4, 0.5) is 11.4 Å². The molecule has 2 N–H and O–H groups in total. The van der Waals surface area contributed by atoms with Gasteiger partial charge in [0, 0.05) is 56.3 Å². The lowest BCUT2D eigenvalue weighted by atomic mass is 10.0. The van der Waals surface area contributed by atoms with Crippen LogP contribution < -0.4 is 14.9 Å². The van der Waals surface area contributed by atoms with Crippen molar-refractivity contribution < 1.29 is 13.2 Å². The van der Waals surface area contributed by atoms with Gasteiger partial charge in [-0.1, -0.05) is 6.07 Å². The second-order valence-corrected chi connectivity index (χ2v) is 10.6. The largest absolute Gasteiger partial charge is 0.372 e. The molecule has 1 aromatic heterocycles. The van der Waals surface area contributed by atoms with E-state index in [2.05, 4.69) is 24.8 Å². The fraction of sp³-hybridized carbons (Fsp3) is 0.500. The predicted octanol–water partition coefficient (Wildman–Crippen LogP) is 2.59. The first-order chi connectivity index (χ1) is 16.0. The molecule has 9 heteroatoms. The summed E-state index contributed by atoms with van der Waals surface area (Å²) < 4.78 is 27.5. The number of rotatable bonds is 8. The molecule has 0 aliphatic carbocycles. The quantitative estimate of drug-likeness (QED) is 0.615. The van der Waals surface area contributed by atoms with Gasteiger partial charge >= 0.3 is 0 Å². The first kappa shape index (κ1) is 23.5. The number of hydrogen-bond donors (Lipinski definition) is 2. The Morgan fingerprint density at radius 2 is 1.70 bits per heavy atom. The highest BCUT2D eigenvalue weighted by molar-refractivity contribution is 7.93. The number of hydrogen-bond acceptors (Lipinski definition) is 6. The number of sulfonamides is 1. The lowest BCUT2D eigenvalue weighted by Crippen LogP contribution is -2.46. The van der Waals surface area contributed by atoms with Gasteiger partial charge in [0.15, 0.2) is 0 Å². The summed E-state index contributed by atoms with van der Waals surface area (Å²) in [6.45, 7) is 4.54. The van der Waals surface area contributed by atoms with E-state index in [1.54, 1.807) is 18.3 Å². The van der Waals surface area contributed by atoms with E-state index >= 15 is 0 Å². The Hall–Kier alpha value is -2.65. The maximum absolute atomic E-state index is 12.5. The highest BCUT2D eigenvalue weighted by Gasteiger charge is 2.23. The van der Waals surface area contributed by atoms with Crippen molar-refractivity contribution in [1.29, 1.82) is 0 Å². The number of anilines is 2. The minimum Gasteiger partial charge on any atom is -0.372 e. The minimum absolute atomic E-state index is 0.00323. The van der Waals surface area contributed by atoms with E-state index < -0.39 is 21.7 Å². The van der Waals surface area contributed by atoms with Crippen LogP contribution in [-0.4, -0.2) is 62.2 Å². The molecule has 2 saturated heterocycles. The maximum atomic E-state index is 12.5. The van der Waals surface area contributed by atoms with Crippen LogP contribution in [0.2, 0.25) is 0 Å². The van der Waals surface area contributed by atoms with Gasteiger partial charge in [-0.3, -0.25) is 19.4 Å². The highest BCUT2D eigenvalue weighted by atomic mass is 32.2. The summed E-state index contributed by atoms with van der Waals surface area (Å²) in [5.41, 5.74) is 2.61. The topological polar surface area (TPSA) is 94.6 Å². The van der Waals surface area contributed by atoms with Crippen molar-refractivity contribution >= 4 is 27.3 Å². The molecule has 33 heavy (non-hydrogen) atoms. The number of amides is 1. The summed E-state index contributed by atoms with van der Waals surface area (Å²) in [5.74, 6) is -1.04. The fourth-order valence-corrected chi connectivity index (χ4v) is 5.50. The number of pyridine rings is 1. The normalized spacial score (nSPS) is 18.1. The van der Waals surface area contributed by atoms with Crippen molar-refractivity contribution in [3.63, 3.8) is 0 Å². The van der Waals surface area contributed by atoms with Gasteiger partial charge in [-0.15, -0.1) is 0 Å². The first-order valence-electron chi connectivity index (χ1n) is 11.7. The van der Waals surface area contributed by atoms with Crippen molar-refractivity contribution in [1.82, 2.24) is 15.2 Å². The van der Waals surface area contributed by atoms with Gasteiger partial charge in [-0.05, 0) is 68.5 Å². The van der Waals surface area contributed by atoms with Gasteiger partial charge in [0.2, 0.25) is 15.9 Å². The van der Waals surface area contributed by atoms with E-state index in [0.29, 0.717) is 5.69 Å². The Kier molecular flexibility index (Phi) is 7.82. The van der Waals surface area contributed by atoms with Crippen molar-refractivity contribution in [2.24, 2.45) is 0 Å². The van der Waals surface area contributed by atoms with Crippen LogP contribution >= 0.6 is 0 Å². The van der Waals surface area contributed by atoms with Gasteiger partial charge < -0.3 is 10.2 Å². The van der Waals surface area contributed by atoms with E-state index in [4.69, 9.17) is 0 Å². The third kappa shape index (κ3) is 7.17. The monoisotopic (exact) mass is 471 g/mol. The molecule has 1 amide bonds. The molecule has 0 bridgehead atoms. The van der Waals surface area contributed by atoms with E-state index in [1.165, 1.54) is 19.3 Å². The fourth-order valence-electron chi connectivity index (χ4n) is 4.51. The molecule has 2 aliphatic heterocycles. The summed E-state index contributed by atoms with van der Waals surface area (Å²) in [6, 6.07) is 13.3. The van der Waals surface area contributed by atoms with Crippen LogP contribution in [-0.2, 0) is 21.4 Å². The lowest BCUT2D eigenvalue weighted by molar-refractivity contribution is -0.119. The van der Waals surface area contributed by atoms with Gasteiger partial charge in [0.05, 0.1) is 5.69 Å². The second kappa shape index (κ2) is 11.0. The zero-order chi connectivity index (χ0) is 23.1. The van der Waals surface area contributed by atoms with Gasteiger partial charge in [-0.25, -0.2) is 8.42 Å². The van der Waals surface area contributed by atoms with E-state index in [0.717, 1.165) is 56.9 Å². The molecule has 3 heterocycles. The molecular formula is C24H33N5O3S. The minimum atomic E-state index is -3.77. The Bertz CT molecular complexity index is 1000. The molecular weight excluding hydrogens is 438 g/mol. The third-order valence-corrected chi connectivity index (χ3v) is 7.44. The molecule has 0 unspecified atom stereocenters. The maximum Gasteiger partial charge on any atom is 0.241 e. The standard InChI is InChI=1S/C24H33N5O3S/c30-24(26-20-11-16-28(17-12-20)18-22-6-2-3-13-25-22)19-33(31,32)27-21-7-9-23(10-8-21)29-14-4-1-5-15-29/h2-3,6-10,13,20,27H,1,4-5,11-12,14-19H2,(H,26,30). The van der Waals surface area contributed by atoms with Gasteiger partial charge in [-0.2, -0.15) is 0 Å². The van der Waals surface area contributed by atoms with Crippen LogP contribution in [0.1, 0.15) is 37.8 Å². The number of piperidine rings is 2. The molecule has 4 rings (SSSR count). The number of aromatic nitrogens is 1. The van der Waals surface area contributed by atoms with Crippen molar-refractivity contribution in [2.75, 3.05) is 41.6 Å². The molecule has 2 aliphatic rings. The molecule has 1 aromatic carbocycles. The van der Waals surface area contributed by atoms with Crippen LogP contribution in [0.15, 0.2) is 48.7 Å². The number of carbonyl (C=O) groups is 1. The Morgan fingerprint density at radius 1 is 0.970 bits per heavy atom. The summed E-state index contributed by atoms with van der Waals surface area (Å²) in [5, 5.41) is 2.89. The Morgan fingerprint density at radius 3 is 2.36 bits per heavy atom. The second-order valence-electron chi connectivity index (χ2n) is 8.89. The predicted molar refractivity (Wildman–Crippen MR) is 131 cm³/mol. The number of nitrogens with zero attached hydrogens (tertiary/aromatic N) is 3. The van der Waals surface area contributed by atoms with Gasteiger partial charge in [0.25, 0.3) is 0 Å². The highest BCUT2D eigenvalue weighted by Crippen LogP contribution is 2.22. The zero-order valence-corrected chi connectivity index (χ0v) is 19.8. The van der Waals surface area contributed by atoms with Crippen molar-refractivity contribution in [2.45, 2.75) is 44.7 Å². The Labute approximate surface area is 196 Å². The van der Waals surface area contributed by atoms with E-state index in [1.807, 2.05) is 30.3 Å². The van der Waals surface area contributed by atoms with Gasteiger partial charge in [0.1, 0.15) is 5.75 Å². The molecule has 0 radical (unpaired) electrons. The van der Waals surface area contributed by atoms with Crippen LogP contribution in [0.5, 0.6) is 0 Å². The average molecular weight is 472 g/mol. The number of carbonyl (C=O) groups excluding carboxylic acids is 1. The van der Waals surface area contributed by atoms with Crippen molar-refractivity contribution in [3.8, 4) is 0 Å². The summed E-state index contributed by atoms with van der Waals surface area (Å²) in [4.78, 5) is 21.4. The average Bonchev–Trinajstić information content (AvgIpc) is 2.81. The smallest absolute Gasteiger partial charge is 0.241 e. The molecule has 8 nitrogen and oxygen atoms in total. The zero-order valence-electron chi connectivity index (χ0n) is 18.9. The first-order valence-corrected chi connectivity index (χ1v) is 13.4. The molecule has 0 spiro atoms. The molecule has 2 aromatic rings. The van der Waals surface area contributed by atoms with Crippen molar-refractivity contribution in [3.05, 3.63) is 54.4 Å². The van der Waals surface area contributed by atoms with E-state index in [-0.39, 0.29) is 6.04 Å². The van der Waals surface area contributed by atoms with Crippen LogP contribution in [0.25, 0.3) is 0 Å². The summed E-state index contributed by atoms with van der Waals surface area (Å²) >= 11 is 0. The molecule has 0 saturated carbocycles. The van der Waals surface area contributed by atoms with E-state index in [9.17, 15) is 13.2 Å². The summed E-state index contributed by atoms with van der Waals surface area (Å²) in [6.07, 6.45) is 7.02. The molecule has 0 atom stereocenters.